The van der Waals surface area contributed by atoms with Crippen LogP contribution in [0.5, 0.6) is 0 Å². The third kappa shape index (κ3) is 6.01. The maximum absolute atomic E-state index is 13.1. The molecule has 1 saturated carbocycles. The zero-order valence-electron chi connectivity index (χ0n) is 24.0. The second-order valence-electron chi connectivity index (χ2n) is 12.4. The molecule has 1 aromatic carbocycles. The van der Waals surface area contributed by atoms with Crippen LogP contribution in [0.3, 0.4) is 0 Å². The molecular weight excluding hydrogens is 508 g/mol. The summed E-state index contributed by atoms with van der Waals surface area (Å²) in [6.07, 6.45) is 4.84. The van der Waals surface area contributed by atoms with Crippen molar-refractivity contribution < 1.29 is 19.2 Å². The molecule has 0 unspecified atom stereocenters. The van der Waals surface area contributed by atoms with Gasteiger partial charge in [-0.1, -0.05) is 17.3 Å². The van der Waals surface area contributed by atoms with Crippen LogP contribution in [-0.4, -0.2) is 49.2 Å². The Balaban J connectivity index is 1.41. The molecule has 40 heavy (non-hydrogen) atoms. The van der Waals surface area contributed by atoms with Gasteiger partial charge in [0, 0.05) is 48.7 Å². The van der Waals surface area contributed by atoms with Crippen LogP contribution in [-0.2, 0) is 29.9 Å². The highest BCUT2D eigenvalue weighted by Gasteiger charge is 2.47. The summed E-state index contributed by atoms with van der Waals surface area (Å²) in [5.41, 5.74) is 4.43. The molecule has 212 valence electrons. The molecule has 0 radical (unpaired) electrons. The number of nitrogens with one attached hydrogen (secondary N) is 2. The standard InChI is InChI=1S/C30H38N6O4/c1-17-33-27(40-35-17)24-12-23(24)26(37)32-14-18-7-8-21(19-11-20(15-31-13-19)30(5,6)39)22-9-10-36(16-25(18)22)28(38)34-29(2,3)4/h7-8,11,13,15,23-24,39H,9-10,12,14,16H2,1-6H3,(H,32,37)(H,34,38)/t23-,24-/m1/s1. The number of pyridine rings is 1. The molecule has 1 fully saturated rings. The van der Waals surface area contributed by atoms with Gasteiger partial charge < -0.3 is 25.2 Å². The van der Waals surface area contributed by atoms with Crippen LogP contribution in [0.25, 0.3) is 11.1 Å². The van der Waals surface area contributed by atoms with Crippen molar-refractivity contribution in [1.29, 1.82) is 0 Å². The van der Waals surface area contributed by atoms with Crippen molar-refractivity contribution >= 4 is 11.9 Å². The SMILES string of the molecule is Cc1noc([C@@H]2C[C@H]2C(=O)NCc2ccc(-c3cncc(C(C)(C)O)c3)c3c2CN(C(=O)NC(C)(C)C)CC3)n1. The van der Waals surface area contributed by atoms with Crippen LogP contribution in [0, 0.1) is 12.8 Å². The number of rotatable bonds is 6. The van der Waals surface area contributed by atoms with Crippen LogP contribution in [0.1, 0.15) is 80.9 Å². The van der Waals surface area contributed by atoms with Crippen LogP contribution in [0.2, 0.25) is 0 Å². The molecule has 10 heteroatoms. The van der Waals surface area contributed by atoms with E-state index in [0.717, 1.165) is 33.4 Å². The molecule has 3 heterocycles. The summed E-state index contributed by atoms with van der Waals surface area (Å²) in [4.78, 5) is 36.5. The zero-order chi connectivity index (χ0) is 28.8. The van der Waals surface area contributed by atoms with Gasteiger partial charge in [0.15, 0.2) is 5.82 Å². The number of carbonyl (C=O) groups is 2. The van der Waals surface area contributed by atoms with E-state index < -0.39 is 5.60 Å². The third-order valence-electron chi connectivity index (χ3n) is 7.47. The molecule has 1 aliphatic heterocycles. The number of aryl methyl sites for hydroxylation is 1. The first-order chi connectivity index (χ1) is 18.8. The first-order valence-corrected chi connectivity index (χ1v) is 13.8. The highest BCUT2D eigenvalue weighted by molar-refractivity contribution is 5.82. The van der Waals surface area contributed by atoms with Gasteiger partial charge in [-0.25, -0.2) is 4.79 Å². The Kier molecular flexibility index (Phi) is 7.16. The molecule has 3 aromatic rings. The minimum absolute atomic E-state index is 0.0374. The van der Waals surface area contributed by atoms with E-state index in [0.29, 0.717) is 44.2 Å². The predicted molar refractivity (Wildman–Crippen MR) is 149 cm³/mol. The fourth-order valence-corrected chi connectivity index (χ4v) is 5.21. The summed E-state index contributed by atoms with van der Waals surface area (Å²) in [7, 11) is 0. The summed E-state index contributed by atoms with van der Waals surface area (Å²) in [6, 6.07) is 5.93. The van der Waals surface area contributed by atoms with Crippen LogP contribution >= 0.6 is 0 Å². The smallest absolute Gasteiger partial charge is 0.318 e. The van der Waals surface area contributed by atoms with E-state index in [1.165, 1.54) is 0 Å². The van der Waals surface area contributed by atoms with Crippen LogP contribution in [0.4, 0.5) is 4.79 Å². The topological polar surface area (TPSA) is 133 Å². The van der Waals surface area contributed by atoms with Crippen molar-refractivity contribution in [2.24, 2.45) is 5.92 Å². The minimum Gasteiger partial charge on any atom is -0.386 e. The number of fused-ring (bicyclic) bond motifs is 1. The summed E-state index contributed by atoms with van der Waals surface area (Å²) in [5, 5.41) is 20.5. The molecule has 0 saturated heterocycles. The van der Waals surface area contributed by atoms with Crippen molar-refractivity contribution in [2.75, 3.05) is 6.54 Å². The predicted octanol–water partition coefficient (Wildman–Crippen LogP) is 3.95. The molecule has 3 N–H and O–H groups in total. The number of hydrogen-bond acceptors (Lipinski definition) is 7. The lowest BCUT2D eigenvalue weighted by Crippen LogP contribution is -2.50. The molecule has 2 aliphatic rings. The molecule has 1 aliphatic carbocycles. The van der Waals surface area contributed by atoms with Gasteiger partial charge in [-0.3, -0.25) is 9.78 Å². The van der Waals surface area contributed by atoms with E-state index in [2.05, 4.69) is 31.8 Å². The van der Waals surface area contributed by atoms with Gasteiger partial charge in [0.05, 0.1) is 17.4 Å². The maximum atomic E-state index is 13.1. The highest BCUT2D eigenvalue weighted by Crippen LogP contribution is 2.47. The van der Waals surface area contributed by atoms with Crippen LogP contribution in [0.15, 0.2) is 35.1 Å². The van der Waals surface area contributed by atoms with Crippen molar-refractivity contribution in [3.05, 3.63) is 64.6 Å². The second kappa shape index (κ2) is 10.3. The molecule has 10 nitrogen and oxygen atoms in total. The Labute approximate surface area is 234 Å². The number of benzene rings is 1. The molecule has 3 amide bonds. The lowest BCUT2D eigenvalue weighted by atomic mass is 9.87. The quantitative estimate of drug-likeness (QED) is 0.426. The van der Waals surface area contributed by atoms with Gasteiger partial charge in [0.2, 0.25) is 11.8 Å². The van der Waals surface area contributed by atoms with Gasteiger partial charge in [-0.2, -0.15) is 4.98 Å². The van der Waals surface area contributed by atoms with Gasteiger partial charge in [0.1, 0.15) is 0 Å². The largest absolute Gasteiger partial charge is 0.386 e. The number of aliphatic hydroxyl groups is 1. The van der Waals surface area contributed by atoms with Gasteiger partial charge >= 0.3 is 6.03 Å². The average molecular weight is 547 g/mol. The zero-order valence-corrected chi connectivity index (χ0v) is 24.0. The Bertz CT molecular complexity index is 1430. The second-order valence-corrected chi connectivity index (χ2v) is 12.4. The minimum atomic E-state index is -1.02. The highest BCUT2D eigenvalue weighted by atomic mass is 16.5. The molecule has 5 rings (SSSR count). The average Bonchev–Trinajstić information content (AvgIpc) is 3.58. The van der Waals surface area contributed by atoms with E-state index in [9.17, 15) is 14.7 Å². The number of carbonyl (C=O) groups excluding carboxylic acids is 2. The number of urea groups is 1. The molecule has 0 bridgehead atoms. The number of amides is 3. The number of aromatic nitrogens is 3. The van der Waals surface area contributed by atoms with Gasteiger partial charge in [-0.05, 0) is 82.7 Å². The van der Waals surface area contributed by atoms with Crippen molar-refractivity contribution in [3.63, 3.8) is 0 Å². The first-order valence-electron chi connectivity index (χ1n) is 13.8. The van der Waals surface area contributed by atoms with Crippen molar-refractivity contribution in [1.82, 2.24) is 30.7 Å². The van der Waals surface area contributed by atoms with Crippen molar-refractivity contribution in [2.45, 2.75) is 84.5 Å². The van der Waals surface area contributed by atoms with Crippen molar-refractivity contribution in [3.8, 4) is 11.1 Å². The Morgan fingerprint density at radius 3 is 2.60 bits per heavy atom. The van der Waals surface area contributed by atoms with E-state index >= 15 is 0 Å². The van der Waals surface area contributed by atoms with E-state index in [1.807, 2.05) is 37.8 Å². The fraction of sp³-hybridized carbons (Fsp3) is 0.500. The van der Waals surface area contributed by atoms with Gasteiger partial charge in [-0.15, -0.1) is 0 Å². The maximum Gasteiger partial charge on any atom is 0.318 e. The molecule has 0 spiro atoms. The van der Waals surface area contributed by atoms with E-state index in [4.69, 9.17) is 4.52 Å². The number of hydrogen-bond donors (Lipinski definition) is 3. The lowest BCUT2D eigenvalue weighted by molar-refractivity contribution is -0.122. The molecule has 2 aromatic heterocycles. The Morgan fingerprint density at radius 2 is 1.93 bits per heavy atom. The monoisotopic (exact) mass is 546 g/mol. The summed E-state index contributed by atoms with van der Waals surface area (Å²) in [5.74, 6) is 0.820. The Morgan fingerprint density at radius 1 is 1.15 bits per heavy atom. The Hall–Kier alpha value is -3.79. The third-order valence-corrected chi connectivity index (χ3v) is 7.47. The fourth-order valence-electron chi connectivity index (χ4n) is 5.21. The van der Waals surface area contributed by atoms with E-state index in [-0.39, 0.29) is 29.3 Å². The normalized spacial score (nSPS) is 18.7. The summed E-state index contributed by atoms with van der Waals surface area (Å²) < 4.78 is 5.25. The first kappa shape index (κ1) is 27.8. The lowest BCUT2D eigenvalue weighted by Gasteiger charge is -2.34. The summed E-state index contributed by atoms with van der Waals surface area (Å²) in [6.45, 7) is 12.5. The van der Waals surface area contributed by atoms with Gasteiger partial charge in [0.25, 0.3) is 0 Å². The molecular formula is C30H38N6O4. The molecule has 2 atom stereocenters. The number of nitrogens with zero attached hydrogens (tertiary/aromatic N) is 4. The summed E-state index contributed by atoms with van der Waals surface area (Å²) >= 11 is 0. The van der Waals surface area contributed by atoms with Crippen LogP contribution < -0.4 is 10.6 Å². The van der Waals surface area contributed by atoms with E-state index in [1.54, 1.807) is 33.2 Å².